The van der Waals surface area contributed by atoms with Crippen molar-refractivity contribution in [1.82, 2.24) is 4.90 Å². The van der Waals surface area contributed by atoms with Crippen molar-refractivity contribution in [2.45, 2.75) is 32.4 Å². The third-order valence-corrected chi connectivity index (χ3v) is 3.44. The number of benzene rings is 1. The number of ether oxygens (including phenoxy) is 1. The Labute approximate surface area is 105 Å². The van der Waals surface area contributed by atoms with Crippen LogP contribution < -0.4 is 5.73 Å². The summed E-state index contributed by atoms with van der Waals surface area (Å²) in [5.41, 5.74) is 7.90. The first-order valence-corrected chi connectivity index (χ1v) is 6.12. The number of anilines is 1. The lowest BCUT2D eigenvalue weighted by atomic mass is 10.0. The number of nitrogen functional groups attached to an aromatic ring is 1. The molecule has 17 heavy (non-hydrogen) atoms. The average Bonchev–Trinajstić information content (AvgIpc) is 2.34. The molecule has 0 aliphatic carbocycles. The van der Waals surface area contributed by atoms with Gasteiger partial charge in [-0.05, 0) is 45.0 Å². The Kier molecular flexibility index (Phi) is 5.45. The van der Waals surface area contributed by atoms with Crippen LogP contribution in [0.5, 0.6) is 0 Å². The van der Waals surface area contributed by atoms with Crippen LogP contribution in [0.25, 0.3) is 0 Å². The Morgan fingerprint density at radius 3 is 2.65 bits per heavy atom. The van der Waals surface area contributed by atoms with Crippen LogP contribution in [0.1, 0.15) is 31.9 Å². The summed E-state index contributed by atoms with van der Waals surface area (Å²) >= 11 is 0. The lowest BCUT2D eigenvalue weighted by molar-refractivity contribution is 0.132. The summed E-state index contributed by atoms with van der Waals surface area (Å²) in [7, 11) is 3.89. The fourth-order valence-corrected chi connectivity index (χ4v) is 1.93. The molecule has 1 rings (SSSR count). The van der Waals surface area contributed by atoms with Gasteiger partial charge in [-0.2, -0.15) is 0 Å². The molecular weight excluding hydrogens is 212 g/mol. The lowest BCUT2D eigenvalue weighted by Gasteiger charge is -2.31. The van der Waals surface area contributed by atoms with E-state index < -0.39 is 0 Å². The number of methoxy groups -OCH3 is 1. The Morgan fingerprint density at radius 2 is 2.06 bits per heavy atom. The summed E-state index contributed by atoms with van der Waals surface area (Å²) in [6.45, 7) is 5.23. The molecule has 2 N–H and O–H groups in total. The first-order valence-electron chi connectivity index (χ1n) is 6.12. The molecule has 0 saturated heterocycles. The predicted molar refractivity (Wildman–Crippen MR) is 73.0 cm³/mol. The van der Waals surface area contributed by atoms with Crippen molar-refractivity contribution in [2.24, 2.45) is 0 Å². The Morgan fingerprint density at radius 1 is 1.35 bits per heavy atom. The minimum atomic E-state index is 0.366. The van der Waals surface area contributed by atoms with E-state index in [9.17, 15) is 0 Å². The maximum Gasteiger partial charge on any atom is 0.0477 e. The van der Waals surface area contributed by atoms with Gasteiger partial charge in [-0.15, -0.1) is 0 Å². The Bertz CT molecular complexity index is 341. The molecule has 96 valence electrons. The number of nitrogens with zero attached hydrogens (tertiary/aromatic N) is 1. The van der Waals surface area contributed by atoms with Gasteiger partial charge in [-0.25, -0.2) is 0 Å². The summed E-state index contributed by atoms with van der Waals surface area (Å²) in [5, 5.41) is 0. The molecule has 1 aromatic rings. The van der Waals surface area contributed by atoms with Gasteiger partial charge in [-0.1, -0.05) is 12.1 Å². The van der Waals surface area contributed by atoms with E-state index in [-0.39, 0.29) is 0 Å². The summed E-state index contributed by atoms with van der Waals surface area (Å²) in [6, 6.07) is 8.96. The molecular formula is C14H24N2O. The summed E-state index contributed by atoms with van der Waals surface area (Å²) in [6.07, 6.45) is 1.04. The van der Waals surface area contributed by atoms with E-state index in [0.29, 0.717) is 12.1 Å². The maximum atomic E-state index is 5.81. The topological polar surface area (TPSA) is 38.5 Å². The van der Waals surface area contributed by atoms with E-state index in [1.165, 1.54) is 5.56 Å². The zero-order valence-electron chi connectivity index (χ0n) is 11.3. The van der Waals surface area contributed by atoms with Crippen LogP contribution >= 0.6 is 0 Å². The van der Waals surface area contributed by atoms with Gasteiger partial charge in [0.1, 0.15) is 0 Å². The van der Waals surface area contributed by atoms with Crippen molar-refractivity contribution in [3.63, 3.8) is 0 Å². The molecule has 0 saturated carbocycles. The normalized spacial score (nSPS) is 14.9. The van der Waals surface area contributed by atoms with E-state index in [4.69, 9.17) is 10.5 Å². The van der Waals surface area contributed by atoms with Crippen molar-refractivity contribution in [1.29, 1.82) is 0 Å². The molecule has 2 atom stereocenters. The van der Waals surface area contributed by atoms with Crippen molar-refractivity contribution in [3.05, 3.63) is 29.8 Å². The summed E-state index contributed by atoms with van der Waals surface area (Å²) < 4.78 is 5.12. The maximum absolute atomic E-state index is 5.81. The molecule has 0 heterocycles. The van der Waals surface area contributed by atoms with Gasteiger partial charge in [0.2, 0.25) is 0 Å². The third-order valence-electron chi connectivity index (χ3n) is 3.44. The molecule has 0 aliphatic heterocycles. The molecule has 3 nitrogen and oxygen atoms in total. The van der Waals surface area contributed by atoms with Gasteiger partial charge in [0.15, 0.2) is 0 Å². The van der Waals surface area contributed by atoms with Gasteiger partial charge >= 0.3 is 0 Å². The minimum Gasteiger partial charge on any atom is -0.399 e. The second-order valence-electron chi connectivity index (χ2n) is 4.64. The smallest absolute Gasteiger partial charge is 0.0477 e. The molecule has 0 bridgehead atoms. The van der Waals surface area contributed by atoms with Crippen LogP contribution in [0.15, 0.2) is 24.3 Å². The molecule has 0 amide bonds. The zero-order valence-corrected chi connectivity index (χ0v) is 11.3. The quantitative estimate of drug-likeness (QED) is 0.772. The van der Waals surface area contributed by atoms with E-state index in [1.807, 2.05) is 18.2 Å². The largest absolute Gasteiger partial charge is 0.399 e. The van der Waals surface area contributed by atoms with E-state index in [0.717, 1.165) is 18.7 Å². The van der Waals surface area contributed by atoms with Gasteiger partial charge in [0, 0.05) is 31.5 Å². The van der Waals surface area contributed by atoms with E-state index >= 15 is 0 Å². The first kappa shape index (κ1) is 14.0. The van der Waals surface area contributed by atoms with Crippen LogP contribution in [-0.4, -0.2) is 31.7 Å². The van der Waals surface area contributed by atoms with Crippen LogP contribution in [0, 0.1) is 0 Å². The molecule has 0 spiro atoms. The van der Waals surface area contributed by atoms with Crippen LogP contribution in [0.4, 0.5) is 5.69 Å². The molecule has 1 aromatic carbocycles. The minimum absolute atomic E-state index is 0.366. The molecule has 0 aliphatic rings. The Hall–Kier alpha value is -1.06. The van der Waals surface area contributed by atoms with E-state index in [2.05, 4.69) is 31.9 Å². The molecule has 2 unspecified atom stereocenters. The predicted octanol–water partition coefficient (Wildman–Crippen LogP) is 2.69. The first-order chi connectivity index (χ1) is 8.06. The monoisotopic (exact) mass is 236 g/mol. The van der Waals surface area contributed by atoms with Crippen LogP contribution in [-0.2, 0) is 4.74 Å². The lowest BCUT2D eigenvalue weighted by Crippen LogP contribution is -2.32. The van der Waals surface area contributed by atoms with Crippen LogP contribution in [0.3, 0.4) is 0 Å². The second kappa shape index (κ2) is 6.62. The number of hydrogen-bond donors (Lipinski definition) is 1. The highest BCUT2D eigenvalue weighted by atomic mass is 16.5. The molecule has 0 aromatic heterocycles. The fourth-order valence-electron chi connectivity index (χ4n) is 1.93. The molecule has 3 heteroatoms. The zero-order chi connectivity index (χ0) is 12.8. The number of rotatable bonds is 6. The summed E-state index contributed by atoms with van der Waals surface area (Å²) in [5.74, 6) is 0. The van der Waals surface area contributed by atoms with Crippen molar-refractivity contribution in [3.8, 4) is 0 Å². The second-order valence-corrected chi connectivity index (χ2v) is 4.64. The van der Waals surface area contributed by atoms with Gasteiger partial charge < -0.3 is 10.5 Å². The highest BCUT2D eigenvalue weighted by Gasteiger charge is 2.17. The SMILES string of the molecule is COCCC(C)N(C)C(C)c1cccc(N)c1. The number of nitrogens with two attached hydrogens (primary N) is 1. The Balaban J connectivity index is 2.65. The fraction of sp³-hybridized carbons (Fsp3) is 0.571. The van der Waals surface area contributed by atoms with Crippen LogP contribution in [0.2, 0.25) is 0 Å². The highest BCUT2D eigenvalue weighted by Crippen LogP contribution is 2.23. The van der Waals surface area contributed by atoms with Gasteiger partial charge in [0.25, 0.3) is 0 Å². The van der Waals surface area contributed by atoms with Crippen molar-refractivity contribution in [2.75, 3.05) is 26.5 Å². The molecule has 0 radical (unpaired) electrons. The molecule has 0 fully saturated rings. The van der Waals surface area contributed by atoms with Gasteiger partial charge in [0.05, 0.1) is 0 Å². The summed E-state index contributed by atoms with van der Waals surface area (Å²) in [4.78, 5) is 2.35. The highest BCUT2D eigenvalue weighted by molar-refractivity contribution is 5.41. The average molecular weight is 236 g/mol. The third kappa shape index (κ3) is 4.02. The van der Waals surface area contributed by atoms with Gasteiger partial charge in [-0.3, -0.25) is 4.90 Å². The van der Waals surface area contributed by atoms with Crippen molar-refractivity contribution < 1.29 is 4.74 Å². The van der Waals surface area contributed by atoms with E-state index in [1.54, 1.807) is 7.11 Å². The standard InChI is InChI=1S/C14H24N2O/c1-11(8-9-17-4)16(3)12(2)13-6-5-7-14(15)10-13/h5-7,10-12H,8-9,15H2,1-4H3. The van der Waals surface area contributed by atoms with Crippen molar-refractivity contribution >= 4 is 5.69 Å². The number of hydrogen-bond acceptors (Lipinski definition) is 3.